The van der Waals surface area contributed by atoms with Gasteiger partial charge in [0.15, 0.2) is 0 Å². The number of hydrogen-bond donors (Lipinski definition) is 2. The van der Waals surface area contributed by atoms with E-state index in [0.717, 1.165) is 5.69 Å². The number of amides is 2. The Kier molecular flexibility index (Phi) is 8.31. The van der Waals surface area contributed by atoms with Gasteiger partial charge in [0.25, 0.3) is 5.91 Å². The third kappa shape index (κ3) is 8.42. The van der Waals surface area contributed by atoms with Crippen molar-refractivity contribution in [2.45, 2.75) is 58.8 Å². The molecule has 0 bridgehead atoms. The minimum atomic E-state index is -0.989. The zero-order valence-corrected chi connectivity index (χ0v) is 21.2. The van der Waals surface area contributed by atoms with Gasteiger partial charge < -0.3 is 25.0 Å². The lowest BCUT2D eigenvalue weighted by Gasteiger charge is -2.24. The number of rotatable bonds is 6. The van der Waals surface area contributed by atoms with Gasteiger partial charge in [0.1, 0.15) is 17.2 Å². The average molecular weight is 470 g/mol. The summed E-state index contributed by atoms with van der Waals surface area (Å²) < 4.78 is 10.7. The number of hydrogen-bond acceptors (Lipinski definition) is 6. The predicted octanol–water partition coefficient (Wildman–Crippen LogP) is 4.91. The first kappa shape index (κ1) is 26.7. The second-order valence-corrected chi connectivity index (χ2v) is 10.1. The highest BCUT2D eigenvalue weighted by atomic mass is 16.6. The van der Waals surface area contributed by atoms with Gasteiger partial charge in [-0.15, -0.1) is 0 Å². The summed E-state index contributed by atoms with van der Waals surface area (Å²) >= 11 is 0. The van der Waals surface area contributed by atoms with E-state index >= 15 is 0 Å². The fraction of sp³-hybridized carbons (Fsp3) is 0.423. The number of benzene rings is 2. The quantitative estimate of drug-likeness (QED) is 0.584. The molecule has 0 fully saturated rings. The van der Waals surface area contributed by atoms with Crippen LogP contribution in [-0.4, -0.2) is 43.3 Å². The molecular weight excluding hydrogens is 434 g/mol. The molecule has 2 N–H and O–H groups in total. The maximum absolute atomic E-state index is 13.2. The van der Waals surface area contributed by atoms with Crippen LogP contribution in [0.5, 0.6) is 0 Å². The van der Waals surface area contributed by atoms with Crippen LogP contribution in [0.3, 0.4) is 0 Å². The van der Waals surface area contributed by atoms with Crippen molar-refractivity contribution in [1.82, 2.24) is 5.32 Å². The Bertz CT molecular complexity index is 1000. The van der Waals surface area contributed by atoms with Crippen LogP contribution >= 0.6 is 0 Å². The normalized spacial score (nSPS) is 12.4. The maximum Gasteiger partial charge on any atom is 0.408 e. The fourth-order valence-electron chi connectivity index (χ4n) is 2.93. The van der Waals surface area contributed by atoms with E-state index in [2.05, 4.69) is 10.6 Å². The van der Waals surface area contributed by atoms with Crippen LogP contribution in [0.1, 0.15) is 63.5 Å². The number of ether oxygens (including phenoxy) is 2. The van der Waals surface area contributed by atoms with E-state index < -0.39 is 35.2 Å². The number of nitrogens with zero attached hydrogens (tertiary/aromatic N) is 1. The Hall–Kier alpha value is -3.55. The van der Waals surface area contributed by atoms with E-state index in [1.807, 2.05) is 31.1 Å². The zero-order chi connectivity index (χ0) is 25.7. The first-order valence-corrected chi connectivity index (χ1v) is 11.1. The Morgan fingerprint density at radius 1 is 0.794 bits per heavy atom. The van der Waals surface area contributed by atoms with Crippen LogP contribution in [0.25, 0.3) is 0 Å². The van der Waals surface area contributed by atoms with Crippen molar-refractivity contribution in [3.63, 3.8) is 0 Å². The SMILES string of the molecule is CN(C)c1ccc([C@H](NC(=O)OC(C)(C)C)C(=O)Nc2ccc(C(=O)OC(C)(C)C)cc2)cc1. The molecule has 2 rings (SSSR count). The minimum Gasteiger partial charge on any atom is -0.456 e. The van der Waals surface area contributed by atoms with Crippen molar-refractivity contribution >= 4 is 29.3 Å². The van der Waals surface area contributed by atoms with E-state index in [4.69, 9.17) is 9.47 Å². The highest BCUT2D eigenvalue weighted by molar-refractivity contribution is 5.98. The molecule has 0 unspecified atom stereocenters. The number of carbonyl (C=O) groups is 3. The summed E-state index contributed by atoms with van der Waals surface area (Å²) in [5, 5.41) is 5.44. The van der Waals surface area contributed by atoms with Crippen molar-refractivity contribution in [2.24, 2.45) is 0 Å². The smallest absolute Gasteiger partial charge is 0.408 e. The maximum atomic E-state index is 13.2. The van der Waals surface area contributed by atoms with E-state index in [0.29, 0.717) is 16.8 Å². The lowest BCUT2D eigenvalue weighted by molar-refractivity contribution is -0.118. The number of carbonyl (C=O) groups excluding carboxylic acids is 3. The summed E-state index contributed by atoms with van der Waals surface area (Å²) in [6.07, 6.45) is -0.704. The van der Waals surface area contributed by atoms with Gasteiger partial charge in [0, 0.05) is 25.5 Å². The molecule has 184 valence electrons. The first-order chi connectivity index (χ1) is 15.6. The van der Waals surface area contributed by atoms with Crippen LogP contribution in [0, 0.1) is 0 Å². The van der Waals surface area contributed by atoms with Crippen molar-refractivity contribution in [3.8, 4) is 0 Å². The largest absolute Gasteiger partial charge is 0.456 e. The lowest BCUT2D eigenvalue weighted by atomic mass is 10.1. The van der Waals surface area contributed by atoms with Gasteiger partial charge in [-0.2, -0.15) is 0 Å². The van der Waals surface area contributed by atoms with Crippen LogP contribution in [0.15, 0.2) is 48.5 Å². The van der Waals surface area contributed by atoms with Gasteiger partial charge in [0.2, 0.25) is 0 Å². The molecule has 2 aromatic carbocycles. The van der Waals surface area contributed by atoms with Crippen LogP contribution in [-0.2, 0) is 14.3 Å². The topological polar surface area (TPSA) is 97.0 Å². The first-order valence-electron chi connectivity index (χ1n) is 11.1. The van der Waals surface area contributed by atoms with Crippen LogP contribution < -0.4 is 15.5 Å². The second kappa shape index (κ2) is 10.6. The molecule has 2 aromatic rings. The molecule has 0 heterocycles. The third-order valence-corrected chi connectivity index (χ3v) is 4.45. The molecule has 0 radical (unpaired) electrons. The monoisotopic (exact) mass is 469 g/mol. The van der Waals surface area contributed by atoms with Gasteiger partial charge in [0.05, 0.1) is 5.56 Å². The van der Waals surface area contributed by atoms with E-state index in [9.17, 15) is 14.4 Å². The van der Waals surface area contributed by atoms with Crippen molar-refractivity contribution in [3.05, 3.63) is 59.7 Å². The highest BCUT2D eigenvalue weighted by Crippen LogP contribution is 2.22. The molecule has 0 aliphatic rings. The minimum absolute atomic E-state index is 0.371. The number of esters is 1. The van der Waals surface area contributed by atoms with Gasteiger partial charge in [-0.3, -0.25) is 4.79 Å². The number of anilines is 2. The molecule has 0 saturated heterocycles. The second-order valence-electron chi connectivity index (χ2n) is 10.1. The summed E-state index contributed by atoms with van der Waals surface area (Å²) in [6.45, 7) is 10.6. The molecule has 8 heteroatoms. The van der Waals surface area contributed by atoms with Gasteiger partial charge in [-0.05, 0) is 83.5 Å². The zero-order valence-electron chi connectivity index (χ0n) is 21.2. The number of alkyl carbamates (subject to hydrolysis) is 1. The summed E-state index contributed by atoms with van der Waals surface area (Å²) in [5.41, 5.74) is 1.08. The summed E-state index contributed by atoms with van der Waals surface area (Å²) in [6, 6.07) is 12.7. The molecule has 2 amide bonds. The van der Waals surface area contributed by atoms with E-state index in [1.54, 1.807) is 77.9 Å². The molecular formula is C26H35N3O5. The molecule has 34 heavy (non-hydrogen) atoms. The molecule has 0 spiro atoms. The Morgan fingerprint density at radius 2 is 1.32 bits per heavy atom. The number of nitrogens with one attached hydrogen (secondary N) is 2. The van der Waals surface area contributed by atoms with E-state index in [-0.39, 0.29) is 0 Å². The molecule has 0 saturated carbocycles. The predicted molar refractivity (Wildman–Crippen MR) is 133 cm³/mol. The Morgan fingerprint density at radius 3 is 1.79 bits per heavy atom. The standard InChI is InChI=1S/C26H35N3O5/c1-25(2,3)33-23(31)18-9-13-19(14-10-18)27-22(30)21(28-24(32)34-26(4,5)6)17-11-15-20(16-12-17)29(7)8/h9-16,21H,1-8H3,(H,27,30)(H,28,32)/t21-/m0/s1. The molecule has 0 aromatic heterocycles. The van der Waals surface area contributed by atoms with Crippen LogP contribution in [0.4, 0.5) is 16.2 Å². The highest BCUT2D eigenvalue weighted by Gasteiger charge is 2.26. The fourth-order valence-corrected chi connectivity index (χ4v) is 2.93. The Balaban J connectivity index is 2.22. The van der Waals surface area contributed by atoms with Gasteiger partial charge >= 0.3 is 12.1 Å². The molecule has 8 nitrogen and oxygen atoms in total. The molecule has 0 aliphatic heterocycles. The average Bonchev–Trinajstić information content (AvgIpc) is 2.70. The molecule has 0 aliphatic carbocycles. The summed E-state index contributed by atoms with van der Waals surface area (Å²) in [4.78, 5) is 39.8. The van der Waals surface area contributed by atoms with Crippen molar-refractivity contribution < 1.29 is 23.9 Å². The van der Waals surface area contributed by atoms with Gasteiger partial charge in [-0.25, -0.2) is 9.59 Å². The third-order valence-electron chi connectivity index (χ3n) is 4.45. The van der Waals surface area contributed by atoms with Crippen molar-refractivity contribution in [1.29, 1.82) is 0 Å². The summed E-state index contributed by atoms with van der Waals surface area (Å²) in [5.74, 6) is -0.899. The van der Waals surface area contributed by atoms with Crippen molar-refractivity contribution in [2.75, 3.05) is 24.3 Å². The Labute approximate surface area is 201 Å². The van der Waals surface area contributed by atoms with E-state index in [1.165, 1.54) is 0 Å². The molecule has 1 atom stereocenters. The van der Waals surface area contributed by atoms with Gasteiger partial charge in [-0.1, -0.05) is 12.1 Å². The van der Waals surface area contributed by atoms with Crippen LogP contribution in [0.2, 0.25) is 0 Å². The summed E-state index contributed by atoms with van der Waals surface area (Å²) in [7, 11) is 3.83. The lowest BCUT2D eigenvalue weighted by Crippen LogP contribution is -2.40.